The van der Waals surface area contributed by atoms with Gasteiger partial charge < -0.3 is 9.64 Å². The zero-order valence-electron chi connectivity index (χ0n) is 11.8. The van der Waals surface area contributed by atoms with E-state index in [4.69, 9.17) is 15.8 Å². The molecule has 1 aromatic rings. The van der Waals surface area contributed by atoms with Gasteiger partial charge in [0.25, 0.3) is 5.91 Å². The van der Waals surface area contributed by atoms with Crippen LogP contribution in [0.25, 0.3) is 0 Å². The van der Waals surface area contributed by atoms with Crippen molar-refractivity contribution in [2.45, 2.75) is 6.92 Å². The maximum Gasteiger partial charge on any atom is 0.268 e. The molecule has 3 N–H and O–H groups in total. The molecule has 1 rings (SSSR count). The van der Waals surface area contributed by atoms with Crippen molar-refractivity contribution in [2.75, 3.05) is 26.7 Å². The molecule has 108 valence electrons. The lowest BCUT2D eigenvalue weighted by Gasteiger charge is -2.18. The van der Waals surface area contributed by atoms with Gasteiger partial charge in [0.05, 0.1) is 17.6 Å². The lowest BCUT2D eigenvalue weighted by atomic mass is 10.2. The Balaban J connectivity index is 2.50. The molecule has 1 unspecified atom stereocenters. The van der Waals surface area contributed by atoms with Crippen LogP contribution in [-0.4, -0.2) is 37.6 Å². The molecule has 0 radical (unpaired) electrons. The second-order valence-electron chi connectivity index (χ2n) is 4.61. The number of rotatable bonds is 7. The average molecular weight is 276 g/mol. The Hall–Kier alpha value is -2.10. The van der Waals surface area contributed by atoms with Gasteiger partial charge in [0.1, 0.15) is 12.4 Å². The van der Waals surface area contributed by atoms with Crippen molar-refractivity contribution >= 4 is 5.91 Å². The number of nitrogens with one attached hydrogen (secondary N) is 1. The quantitative estimate of drug-likeness (QED) is 0.436. The number of hydrazine groups is 1. The van der Waals surface area contributed by atoms with Crippen LogP contribution in [0, 0.1) is 17.2 Å². The monoisotopic (exact) mass is 276 g/mol. The summed E-state index contributed by atoms with van der Waals surface area (Å²) in [5.41, 5.74) is 2.49. The summed E-state index contributed by atoms with van der Waals surface area (Å²) in [7, 11) is 1.93. The summed E-state index contributed by atoms with van der Waals surface area (Å²) in [6, 6.07) is 9.11. The van der Waals surface area contributed by atoms with E-state index < -0.39 is 0 Å². The number of nitrogens with two attached hydrogens (primary N) is 1. The fourth-order valence-electron chi connectivity index (χ4n) is 1.77. The minimum Gasteiger partial charge on any atom is -0.491 e. The van der Waals surface area contributed by atoms with Crippen LogP contribution in [0.2, 0.25) is 0 Å². The molecule has 0 saturated heterocycles. The third-order valence-corrected chi connectivity index (χ3v) is 2.80. The van der Waals surface area contributed by atoms with E-state index >= 15 is 0 Å². The van der Waals surface area contributed by atoms with Crippen LogP contribution in [0.4, 0.5) is 0 Å². The highest BCUT2D eigenvalue weighted by molar-refractivity contribution is 5.96. The fraction of sp³-hybridized carbons (Fsp3) is 0.429. The Morgan fingerprint density at radius 2 is 2.25 bits per heavy atom. The maximum absolute atomic E-state index is 11.6. The number of benzene rings is 1. The Morgan fingerprint density at radius 3 is 2.90 bits per heavy atom. The Kier molecular flexibility index (Phi) is 6.50. The zero-order valence-corrected chi connectivity index (χ0v) is 11.8. The summed E-state index contributed by atoms with van der Waals surface area (Å²) in [5.74, 6) is 5.22. The van der Waals surface area contributed by atoms with Gasteiger partial charge in [0.15, 0.2) is 0 Å². The van der Waals surface area contributed by atoms with Crippen molar-refractivity contribution in [3.05, 3.63) is 29.8 Å². The fourth-order valence-corrected chi connectivity index (χ4v) is 1.77. The first-order valence-corrected chi connectivity index (χ1v) is 6.39. The lowest BCUT2D eigenvalue weighted by molar-refractivity contribution is 0.0949. The van der Waals surface area contributed by atoms with E-state index in [2.05, 4.69) is 11.5 Å². The minimum absolute atomic E-state index is 0.0182. The number of nitriles is 1. The van der Waals surface area contributed by atoms with E-state index in [9.17, 15) is 4.79 Å². The number of likely N-dealkylation sites (N-methyl/N-ethyl adjacent to an activating group) is 1. The summed E-state index contributed by atoms with van der Waals surface area (Å²) >= 11 is 0. The highest BCUT2D eigenvalue weighted by Crippen LogP contribution is 2.17. The van der Waals surface area contributed by atoms with Gasteiger partial charge in [-0.3, -0.25) is 10.2 Å². The van der Waals surface area contributed by atoms with Crippen molar-refractivity contribution in [1.82, 2.24) is 10.3 Å². The largest absolute Gasteiger partial charge is 0.491 e. The van der Waals surface area contributed by atoms with E-state index in [1.54, 1.807) is 24.3 Å². The van der Waals surface area contributed by atoms with Crippen LogP contribution in [0.1, 0.15) is 17.3 Å². The molecule has 1 amide bonds. The molecule has 6 heteroatoms. The molecule has 0 heterocycles. The second kappa shape index (κ2) is 8.15. The number of nitrogen functional groups attached to an aromatic ring is 1. The molecule has 0 saturated carbocycles. The predicted molar refractivity (Wildman–Crippen MR) is 75.9 cm³/mol. The molecule has 6 nitrogen and oxygen atoms in total. The van der Waals surface area contributed by atoms with E-state index in [0.29, 0.717) is 31.0 Å². The first-order chi connectivity index (χ1) is 9.58. The number of carbonyl (C=O) groups excluding carboxylic acids is 1. The van der Waals surface area contributed by atoms with Gasteiger partial charge in [-0.1, -0.05) is 12.1 Å². The van der Waals surface area contributed by atoms with Crippen molar-refractivity contribution in [3.63, 3.8) is 0 Å². The summed E-state index contributed by atoms with van der Waals surface area (Å²) < 4.78 is 5.61. The molecular formula is C14H20N4O2. The SMILES string of the molecule is CC(C#N)CN(C)CCOc1ccccc1C(=O)NN. The Morgan fingerprint density at radius 1 is 1.55 bits per heavy atom. The first kappa shape index (κ1) is 16.0. The van der Waals surface area contributed by atoms with Crippen LogP contribution < -0.4 is 16.0 Å². The van der Waals surface area contributed by atoms with Crippen molar-refractivity contribution in [2.24, 2.45) is 11.8 Å². The molecule has 0 bridgehead atoms. The van der Waals surface area contributed by atoms with E-state index in [1.807, 2.05) is 18.9 Å². The van der Waals surface area contributed by atoms with Crippen molar-refractivity contribution < 1.29 is 9.53 Å². The number of para-hydroxylation sites is 1. The number of hydrogen-bond donors (Lipinski definition) is 2. The van der Waals surface area contributed by atoms with Crippen LogP contribution in [-0.2, 0) is 0 Å². The summed E-state index contributed by atoms with van der Waals surface area (Å²) in [4.78, 5) is 13.6. The number of carbonyl (C=O) groups is 1. The van der Waals surface area contributed by atoms with Crippen LogP contribution in [0.15, 0.2) is 24.3 Å². The maximum atomic E-state index is 11.6. The standard InChI is InChI=1S/C14H20N4O2/c1-11(9-15)10-18(2)7-8-20-13-6-4-3-5-12(13)14(19)17-16/h3-6,11H,7-8,10,16H2,1-2H3,(H,17,19). The van der Waals surface area contributed by atoms with Gasteiger partial charge in [-0.2, -0.15) is 5.26 Å². The molecule has 0 aliphatic rings. The van der Waals surface area contributed by atoms with Crippen LogP contribution >= 0.6 is 0 Å². The molecule has 0 aliphatic heterocycles. The summed E-state index contributed by atoms with van der Waals surface area (Å²) in [5, 5.41) is 8.75. The van der Waals surface area contributed by atoms with Gasteiger partial charge in [0, 0.05) is 13.1 Å². The predicted octanol–water partition coefficient (Wildman–Crippen LogP) is 0.760. The van der Waals surface area contributed by atoms with Crippen LogP contribution in [0.3, 0.4) is 0 Å². The molecule has 0 fully saturated rings. The normalized spacial score (nSPS) is 11.8. The van der Waals surface area contributed by atoms with E-state index in [-0.39, 0.29) is 11.8 Å². The Labute approximate surface area is 119 Å². The number of ether oxygens (including phenoxy) is 1. The third-order valence-electron chi connectivity index (χ3n) is 2.80. The van der Waals surface area contributed by atoms with Gasteiger partial charge in [-0.15, -0.1) is 0 Å². The molecule has 0 aromatic heterocycles. The first-order valence-electron chi connectivity index (χ1n) is 6.39. The average Bonchev–Trinajstić information content (AvgIpc) is 2.46. The van der Waals surface area contributed by atoms with Crippen molar-refractivity contribution in [1.29, 1.82) is 5.26 Å². The van der Waals surface area contributed by atoms with Gasteiger partial charge in [-0.05, 0) is 26.1 Å². The van der Waals surface area contributed by atoms with E-state index in [0.717, 1.165) is 0 Å². The molecule has 0 aliphatic carbocycles. The molecule has 0 spiro atoms. The number of hydrogen-bond acceptors (Lipinski definition) is 5. The smallest absolute Gasteiger partial charge is 0.268 e. The highest BCUT2D eigenvalue weighted by atomic mass is 16.5. The van der Waals surface area contributed by atoms with Crippen molar-refractivity contribution in [3.8, 4) is 11.8 Å². The zero-order chi connectivity index (χ0) is 15.0. The van der Waals surface area contributed by atoms with Crippen LogP contribution in [0.5, 0.6) is 5.75 Å². The minimum atomic E-state index is -0.382. The third kappa shape index (κ3) is 4.88. The summed E-state index contributed by atoms with van der Waals surface area (Å²) in [6.07, 6.45) is 0. The molecular weight excluding hydrogens is 256 g/mol. The second-order valence-corrected chi connectivity index (χ2v) is 4.61. The molecule has 1 atom stereocenters. The summed E-state index contributed by atoms with van der Waals surface area (Å²) in [6.45, 7) is 3.66. The molecule has 1 aromatic carbocycles. The lowest BCUT2D eigenvalue weighted by Crippen LogP contribution is -2.31. The van der Waals surface area contributed by atoms with Gasteiger partial charge in [0.2, 0.25) is 0 Å². The Bertz CT molecular complexity index is 484. The van der Waals surface area contributed by atoms with E-state index in [1.165, 1.54) is 0 Å². The topological polar surface area (TPSA) is 91.4 Å². The highest BCUT2D eigenvalue weighted by Gasteiger charge is 2.11. The number of amides is 1. The van der Waals surface area contributed by atoms with Gasteiger partial charge >= 0.3 is 0 Å². The molecule has 20 heavy (non-hydrogen) atoms. The number of nitrogens with zero attached hydrogens (tertiary/aromatic N) is 2. The van der Waals surface area contributed by atoms with Gasteiger partial charge in [-0.25, -0.2) is 5.84 Å².